The van der Waals surface area contributed by atoms with E-state index in [1.807, 2.05) is 13.0 Å². The van der Waals surface area contributed by atoms with Crippen molar-refractivity contribution in [3.63, 3.8) is 0 Å². The van der Waals surface area contributed by atoms with Gasteiger partial charge in [-0.15, -0.1) is 0 Å². The Labute approximate surface area is 109 Å². The van der Waals surface area contributed by atoms with E-state index < -0.39 is 0 Å². The quantitative estimate of drug-likeness (QED) is 0.869. The van der Waals surface area contributed by atoms with Gasteiger partial charge in [0.05, 0.1) is 10.7 Å². The third-order valence-electron chi connectivity index (χ3n) is 3.61. The van der Waals surface area contributed by atoms with Crippen molar-refractivity contribution in [3.8, 4) is 0 Å². The Kier molecular flexibility index (Phi) is 3.95. The van der Waals surface area contributed by atoms with Gasteiger partial charge in [0, 0.05) is 18.6 Å². The summed E-state index contributed by atoms with van der Waals surface area (Å²) in [6.07, 6.45) is 3.84. The van der Waals surface area contributed by atoms with E-state index in [-0.39, 0.29) is 6.04 Å². The fourth-order valence-corrected chi connectivity index (χ4v) is 2.79. The average Bonchev–Trinajstić information content (AvgIpc) is 2.30. The van der Waals surface area contributed by atoms with Crippen LogP contribution < -0.4 is 10.6 Å². The first-order valence-electron chi connectivity index (χ1n) is 6.41. The lowest BCUT2D eigenvalue weighted by molar-refractivity contribution is 0.485. The van der Waals surface area contributed by atoms with Crippen molar-refractivity contribution >= 4 is 17.3 Å². The number of piperidine rings is 1. The predicted octanol–water partition coefficient (Wildman–Crippen LogP) is 3.74. The molecule has 0 radical (unpaired) electrons. The monoisotopic (exact) mass is 252 g/mol. The highest BCUT2D eigenvalue weighted by Gasteiger charge is 2.20. The maximum atomic E-state index is 6.37. The molecule has 1 aliphatic heterocycles. The SMILES string of the molecule is C[C@@H](N)c1ccc(N2CCCC[C@@H]2C)c(Cl)c1. The van der Waals surface area contributed by atoms with E-state index in [4.69, 9.17) is 17.3 Å². The summed E-state index contributed by atoms with van der Waals surface area (Å²) in [5.41, 5.74) is 8.12. The maximum Gasteiger partial charge on any atom is 0.0642 e. The fourth-order valence-electron chi connectivity index (χ4n) is 2.50. The van der Waals surface area contributed by atoms with Crippen molar-refractivity contribution in [2.45, 2.75) is 45.2 Å². The number of benzene rings is 1. The van der Waals surface area contributed by atoms with Crippen LogP contribution in [0.2, 0.25) is 5.02 Å². The summed E-state index contributed by atoms with van der Waals surface area (Å²) >= 11 is 6.37. The molecule has 2 rings (SSSR count). The highest BCUT2D eigenvalue weighted by atomic mass is 35.5. The van der Waals surface area contributed by atoms with Gasteiger partial charge in [-0.2, -0.15) is 0 Å². The Bertz CT molecular complexity index is 390. The molecule has 0 unspecified atom stereocenters. The summed E-state index contributed by atoms with van der Waals surface area (Å²) in [6, 6.07) is 6.83. The van der Waals surface area contributed by atoms with Crippen LogP contribution in [0.5, 0.6) is 0 Å². The molecular weight excluding hydrogens is 232 g/mol. The summed E-state index contributed by atoms with van der Waals surface area (Å²) in [6.45, 7) is 5.36. The second-order valence-corrected chi connectivity index (χ2v) is 5.44. The molecule has 94 valence electrons. The smallest absolute Gasteiger partial charge is 0.0642 e. The van der Waals surface area contributed by atoms with Crippen LogP contribution in [0, 0.1) is 0 Å². The predicted molar refractivity (Wildman–Crippen MR) is 74.7 cm³/mol. The van der Waals surface area contributed by atoms with E-state index in [0.29, 0.717) is 6.04 Å². The van der Waals surface area contributed by atoms with Crippen molar-refractivity contribution in [2.24, 2.45) is 5.73 Å². The van der Waals surface area contributed by atoms with E-state index >= 15 is 0 Å². The fraction of sp³-hybridized carbons (Fsp3) is 0.571. The minimum atomic E-state index is 0.0420. The van der Waals surface area contributed by atoms with E-state index in [0.717, 1.165) is 22.8 Å². The van der Waals surface area contributed by atoms with Crippen molar-refractivity contribution in [1.82, 2.24) is 0 Å². The molecule has 0 spiro atoms. The van der Waals surface area contributed by atoms with Gasteiger partial charge >= 0.3 is 0 Å². The first-order chi connectivity index (χ1) is 8.09. The molecule has 2 atom stereocenters. The molecule has 1 aliphatic rings. The second-order valence-electron chi connectivity index (χ2n) is 5.04. The van der Waals surface area contributed by atoms with Crippen LogP contribution in [-0.4, -0.2) is 12.6 Å². The molecule has 1 fully saturated rings. The third-order valence-corrected chi connectivity index (χ3v) is 3.91. The molecule has 0 aliphatic carbocycles. The lowest BCUT2D eigenvalue weighted by Crippen LogP contribution is -2.37. The van der Waals surface area contributed by atoms with Gasteiger partial charge in [-0.3, -0.25) is 0 Å². The van der Waals surface area contributed by atoms with E-state index in [9.17, 15) is 0 Å². The number of nitrogens with zero attached hydrogens (tertiary/aromatic N) is 1. The molecule has 0 amide bonds. The number of rotatable bonds is 2. The highest BCUT2D eigenvalue weighted by molar-refractivity contribution is 6.33. The summed E-state index contributed by atoms with van der Waals surface area (Å²) in [5.74, 6) is 0. The zero-order valence-corrected chi connectivity index (χ0v) is 11.4. The topological polar surface area (TPSA) is 29.3 Å². The van der Waals surface area contributed by atoms with Crippen LogP contribution in [-0.2, 0) is 0 Å². The van der Waals surface area contributed by atoms with E-state index in [1.54, 1.807) is 0 Å². The molecular formula is C14H21ClN2. The molecule has 2 nitrogen and oxygen atoms in total. The minimum absolute atomic E-state index is 0.0420. The van der Waals surface area contributed by atoms with Crippen LogP contribution in [0.3, 0.4) is 0 Å². The lowest BCUT2D eigenvalue weighted by Gasteiger charge is -2.36. The van der Waals surface area contributed by atoms with Gasteiger partial charge in [0.1, 0.15) is 0 Å². The zero-order chi connectivity index (χ0) is 12.4. The standard InChI is InChI=1S/C14H21ClN2/c1-10-5-3-4-8-17(10)14-7-6-12(11(2)16)9-13(14)15/h6-7,9-11H,3-5,8,16H2,1-2H3/t10-,11+/m0/s1. The van der Waals surface area contributed by atoms with Crippen molar-refractivity contribution in [3.05, 3.63) is 28.8 Å². The number of hydrogen-bond acceptors (Lipinski definition) is 2. The lowest BCUT2D eigenvalue weighted by atomic mass is 10.0. The van der Waals surface area contributed by atoms with Gasteiger partial charge in [-0.05, 0) is 50.8 Å². The average molecular weight is 253 g/mol. The van der Waals surface area contributed by atoms with E-state index in [2.05, 4.69) is 24.0 Å². The highest BCUT2D eigenvalue weighted by Crippen LogP contribution is 2.32. The third kappa shape index (κ3) is 2.75. The normalized spacial score (nSPS) is 22.6. The largest absolute Gasteiger partial charge is 0.368 e. The Morgan fingerprint density at radius 3 is 2.76 bits per heavy atom. The van der Waals surface area contributed by atoms with Gasteiger partial charge in [-0.25, -0.2) is 0 Å². The number of halogens is 1. The van der Waals surface area contributed by atoms with E-state index in [1.165, 1.54) is 19.3 Å². The van der Waals surface area contributed by atoms with Gasteiger partial charge in [0.15, 0.2) is 0 Å². The van der Waals surface area contributed by atoms with Gasteiger partial charge in [0.2, 0.25) is 0 Å². The molecule has 1 aromatic carbocycles. The molecule has 0 bridgehead atoms. The Balaban J connectivity index is 2.26. The van der Waals surface area contributed by atoms with Gasteiger partial charge in [0.25, 0.3) is 0 Å². The number of nitrogens with two attached hydrogens (primary N) is 1. The van der Waals surface area contributed by atoms with Crippen molar-refractivity contribution in [2.75, 3.05) is 11.4 Å². The summed E-state index contributed by atoms with van der Waals surface area (Å²) < 4.78 is 0. The molecule has 1 heterocycles. The summed E-state index contributed by atoms with van der Waals surface area (Å²) in [5, 5.41) is 0.827. The zero-order valence-electron chi connectivity index (χ0n) is 10.6. The molecule has 3 heteroatoms. The van der Waals surface area contributed by atoms with Crippen LogP contribution in [0.4, 0.5) is 5.69 Å². The molecule has 0 aromatic heterocycles. The molecule has 17 heavy (non-hydrogen) atoms. The van der Waals surface area contributed by atoms with Crippen LogP contribution >= 0.6 is 11.6 Å². The van der Waals surface area contributed by atoms with Gasteiger partial charge in [-0.1, -0.05) is 17.7 Å². The van der Waals surface area contributed by atoms with Crippen LogP contribution in [0.15, 0.2) is 18.2 Å². The minimum Gasteiger partial charge on any atom is -0.368 e. The van der Waals surface area contributed by atoms with Gasteiger partial charge < -0.3 is 10.6 Å². The Morgan fingerprint density at radius 2 is 2.18 bits per heavy atom. The Morgan fingerprint density at radius 1 is 1.41 bits per heavy atom. The van der Waals surface area contributed by atoms with Crippen molar-refractivity contribution in [1.29, 1.82) is 0 Å². The van der Waals surface area contributed by atoms with Crippen LogP contribution in [0.1, 0.15) is 44.7 Å². The summed E-state index contributed by atoms with van der Waals surface area (Å²) in [4.78, 5) is 2.41. The first kappa shape index (κ1) is 12.7. The molecule has 1 aromatic rings. The molecule has 0 saturated carbocycles. The molecule has 2 N–H and O–H groups in total. The molecule has 1 saturated heterocycles. The number of hydrogen-bond donors (Lipinski definition) is 1. The first-order valence-corrected chi connectivity index (χ1v) is 6.79. The van der Waals surface area contributed by atoms with Crippen LogP contribution in [0.25, 0.3) is 0 Å². The summed E-state index contributed by atoms with van der Waals surface area (Å²) in [7, 11) is 0. The number of anilines is 1. The Hall–Kier alpha value is -0.730. The maximum absolute atomic E-state index is 6.37. The van der Waals surface area contributed by atoms with Crippen molar-refractivity contribution < 1.29 is 0 Å². The second kappa shape index (κ2) is 5.28.